The number of nitrogens with one attached hydrogen (secondary N) is 1. The van der Waals surface area contributed by atoms with Crippen LogP contribution >= 0.6 is 0 Å². The number of hydrogen-bond acceptors (Lipinski definition) is 3. The highest BCUT2D eigenvalue weighted by Gasteiger charge is 2.16. The molecule has 0 saturated carbocycles. The monoisotopic (exact) mass is 247 g/mol. The van der Waals surface area contributed by atoms with Gasteiger partial charge in [0.1, 0.15) is 0 Å². The van der Waals surface area contributed by atoms with E-state index in [-0.39, 0.29) is 5.91 Å². The predicted octanol–water partition coefficient (Wildman–Crippen LogP) is 0.700. The first-order valence-corrected chi connectivity index (χ1v) is 5.75. The molecule has 0 aliphatic carbocycles. The van der Waals surface area contributed by atoms with Crippen LogP contribution in [0.25, 0.3) is 0 Å². The fourth-order valence-corrected chi connectivity index (χ4v) is 1.94. The van der Waals surface area contributed by atoms with Crippen molar-refractivity contribution in [1.29, 1.82) is 0 Å². The van der Waals surface area contributed by atoms with Crippen LogP contribution in [0.15, 0.2) is 12.4 Å². The predicted molar refractivity (Wildman–Crippen MR) is 67.1 cm³/mol. The van der Waals surface area contributed by atoms with Crippen molar-refractivity contribution < 1.29 is 4.79 Å². The number of aromatic nitrogens is 4. The van der Waals surface area contributed by atoms with Crippen LogP contribution in [-0.2, 0) is 20.6 Å². The molecular weight excluding hydrogens is 230 g/mol. The Bertz CT molecular complexity index is 581. The van der Waals surface area contributed by atoms with Crippen LogP contribution in [0.2, 0.25) is 0 Å². The van der Waals surface area contributed by atoms with E-state index in [0.29, 0.717) is 12.1 Å². The SMILES string of the molecule is Cc1nn(C)c(C)c1C(=O)NCc1cnn(C)c1. The maximum Gasteiger partial charge on any atom is 0.255 e. The van der Waals surface area contributed by atoms with E-state index < -0.39 is 0 Å². The third-order valence-corrected chi connectivity index (χ3v) is 2.95. The lowest BCUT2D eigenvalue weighted by Gasteiger charge is -2.03. The van der Waals surface area contributed by atoms with Crippen LogP contribution < -0.4 is 5.32 Å². The van der Waals surface area contributed by atoms with Crippen molar-refractivity contribution in [3.8, 4) is 0 Å². The highest BCUT2D eigenvalue weighted by molar-refractivity contribution is 5.96. The maximum absolute atomic E-state index is 12.1. The Morgan fingerprint density at radius 3 is 2.61 bits per heavy atom. The summed E-state index contributed by atoms with van der Waals surface area (Å²) >= 11 is 0. The standard InChI is InChI=1S/C12H17N5O/c1-8-11(9(2)17(4)15-8)12(18)13-5-10-6-14-16(3)7-10/h6-7H,5H2,1-4H3,(H,13,18). The third-order valence-electron chi connectivity index (χ3n) is 2.95. The zero-order chi connectivity index (χ0) is 13.3. The first kappa shape index (κ1) is 12.3. The van der Waals surface area contributed by atoms with E-state index in [1.54, 1.807) is 15.6 Å². The van der Waals surface area contributed by atoms with Gasteiger partial charge in [0, 0.05) is 38.1 Å². The third kappa shape index (κ3) is 2.27. The minimum absolute atomic E-state index is 0.0954. The van der Waals surface area contributed by atoms with Crippen LogP contribution in [0.3, 0.4) is 0 Å². The molecule has 1 N–H and O–H groups in total. The van der Waals surface area contributed by atoms with Gasteiger partial charge in [-0.25, -0.2) is 0 Å². The molecule has 2 heterocycles. The molecule has 18 heavy (non-hydrogen) atoms. The van der Waals surface area contributed by atoms with Crippen molar-refractivity contribution in [2.24, 2.45) is 14.1 Å². The maximum atomic E-state index is 12.1. The summed E-state index contributed by atoms with van der Waals surface area (Å²) in [5.41, 5.74) is 3.25. The molecule has 0 saturated heterocycles. The summed E-state index contributed by atoms with van der Waals surface area (Å²) < 4.78 is 3.43. The minimum atomic E-state index is -0.0954. The second kappa shape index (κ2) is 4.64. The summed E-state index contributed by atoms with van der Waals surface area (Å²) in [6.07, 6.45) is 3.62. The van der Waals surface area contributed by atoms with Gasteiger partial charge < -0.3 is 5.32 Å². The molecule has 0 aliphatic rings. The van der Waals surface area contributed by atoms with Crippen LogP contribution in [0, 0.1) is 13.8 Å². The molecule has 2 rings (SSSR count). The molecule has 0 aliphatic heterocycles. The van der Waals surface area contributed by atoms with Crippen LogP contribution in [-0.4, -0.2) is 25.5 Å². The molecule has 0 unspecified atom stereocenters. The fourth-order valence-electron chi connectivity index (χ4n) is 1.94. The second-order valence-electron chi connectivity index (χ2n) is 4.37. The Balaban J connectivity index is 2.08. The Morgan fingerprint density at radius 2 is 2.11 bits per heavy atom. The summed E-state index contributed by atoms with van der Waals surface area (Å²) in [4.78, 5) is 12.1. The normalized spacial score (nSPS) is 10.7. The van der Waals surface area contributed by atoms with Crippen molar-refractivity contribution in [3.05, 3.63) is 34.9 Å². The Labute approximate surface area is 106 Å². The number of carbonyl (C=O) groups excluding carboxylic acids is 1. The average molecular weight is 247 g/mol. The lowest BCUT2D eigenvalue weighted by atomic mass is 10.2. The Morgan fingerprint density at radius 1 is 1.39 bits per heavy atom. The zero-order valence-corrected chi connectivity index (χ0v) is 11.1. The Hall–Kier alpha value is -2.11. The molecule has 96 valence electrons. The van der Waals surface area contributed by atoms with Crippen LogP contribution in [0.4, 0.5) is 0 Å². The van der Waals surface area contributed by atoms with E-state index in [9.17, 15) is 4.79 Å². The quantitative estimate of drug-likeness (QED) is 0.868. The van der Waals surface area contributed by atoms with Crippen molar-refractivity contribution in [2.45, 2.75) is 20.4 Å². The molecular formula is C12H17N5O. The summed E-state index contributed by atoms with van der Waals surface area (Å²) in [5.74, 6) is -0.0954. The molecule has 0 fully saturated rings. The number of nitrogens with zero attached hydrogens (tertiary/aromatic N) is 4. The molecule has 6 nitrogen and oxygen atoms in total. The average Bonchev–Trinajstić information content (AvgIpc) is 2.82. The van der Waals surface area contributed by atoms with E-state index in [1.807, 2.05) is 34.1 Å². The Kier molecular flexibility index (Phi) is 3.18. The van der Waals surface area contributed by atoms with Crippen LogP contribution in [0.1, 0.15) is 27.3 Å². The van der Waals surface area contributed by atoms with E-state index in [2.05, 4.69) is 15.5 Å². The second-order valence-corrected chi connectivity index (χ2v) is 4.37. The van der Waals surface area contributed by atoms with Crippen molar-refractivity contribution in [3.63, 3.8) is 0 Å². The highest BCUT2D eigenvalue weighted by atomic mass is 16.1. The molecule has 2 aromatic rings. The molecule has 0 atom stereocenters. The minimum Gasteiger partial charge on any atom is -0.348 e. The lowest BCUT2D eigenvalue weighted by molar-refractivity contribution is 0.0949. The first-order chi connectivity index (χ1) is 8.49. The largest absolute Gasteiger partial charge is 0.348 e. The van der Waals surface area contributed by atoms with Gasteiger partial charge in [-0.05, 0) is 13.8 Å². The molecule has 0 radical (unpaired) electrons. The van der Waals surface area contributed by atoms with Gasteiger partial charge in [-0.2, -0.15) is 10.2 Å². The van der Waals surface area contributed by atoms with Crippen molar-refractivity contribution in [2.75, 3.05) is 0 Å². The van der Waals surface area contributed by atoms with Crippen LogP contribution in [0.5, 0.6) is 0 Å². The number of hydrogen-bond donors (Lipinski definition) is 1. The molecule has 2 aromatic heterocycles. The number of carbonyl (C=O) groups is 1. The number of amides is 1. The van der Waals surface area contributed by atoms with Gasteiger partial charge in [0.25, 0.3) is 5.91 Å². The van der Waals surface area contributed by atoms with Crippen molar-refractivity contribution in [1.82, 2.24) is 24.9 Å². The van der Waals surface area contributed by atoms with Crippen molar-refractivity contribution >= 4 is 5.91 Å². The molecule has 0 aromatic carbocycles. The molecule has 1 amide bonds. The van der Waals surface area contributed by atoms with Gasteiger partial charge in [0.15, 0.2) is 0 Å². The van der Waals surface area contributed by atoms with Gasteiger partial charge >= 0.3 is 0 Å². The van der Waals surface area contributed by atoms with Gasteiger partial charge in [0.2, 0.25) is 0 Å². The topological polar surface area (TPSA) is 64.7 Å². The molecule has 0 bridgehead atoms. The van der Waals surface area contributed by atoms with Gasteiger partial charge in [0.05, 0.1) is 17.5 Å². The lowest BCUT2D eigenvalue weighted by Crippen LogP contribution is -2.23. The van der Waals surface area contributed by atoms with E-state index in [4.69, 9.17) is 0 Å². The zero-order valence-electron chi connectivity index (χ0n) is 11.1. The summed E-state index contributed by atoms with van der Waals surface area (Å²) in [6, 6.07) is 0. The van der Waals surface area contributed by atoms with Gasteiger partial charge in [-0.3, -0.25) is 14.2 Å². The number of aryl methyl sites for hydroxylation is 3. The van der Waals surface area contributed by atoms with E-state index in [0.717, 1.165) is 17.0 Å². The van der Waals surface area contributed by atoms with E-state index >= 15 is 0 Å². The first-order valence-electron chi connectivity index (χ1n) is 5.75. The highest BCUT2D eigenvalue weighted by Crippen LogP contribution is 2.11. The molecule has 6 heteroatoms. The van der Waals surface area contributed by atoms with Gasteiger partial charge in [-0.15, -0.1) is 0 Å². The smallest absolute Gasteiger partial charge is 0.255 e. The summed E-state index contributed by atoms with van der Waals surface area (Å²) in [5, 5.41) is 11.2. The fraction of sp³-hybridized carbons (Fsp3) is 0.417. The number of rotatable bonds is 3. The molecule has 0 spiro atoms. The van der Waals surface area contributed by atoms with Gasteiger partial charge in [-0.1, -0.05) is 0 Å². The summed E-state index contributed by atoms with van der Waals surface area (Å²) in [7, 11) is 3.68. The summed E-state index contributed by atoms with van der Waals surface area (Å²) in [6.45, 7) is 4.20. The van der Waals surface area contributed by atoms with E-state index in [1.165, 1.54) is 0 Å².